The van der Waals surface area contributed by atoms with Gasteiger partial charge in [-0.15, -0.1) is 0 Å². The lowest BCUT2D eigenvalue weighted by Crippen LogP contribution is -2.48. The number of nitrogens with zero attached hydrogens (tertiary/aromatic N) is 5. The van der Waals surface area contributed by atoms with Gasteiger partial charge in [0, 0.05) is 50.7 Å². The van der Waals surface area contributed by atoms with Crippen LogP contribution < -0.4 is 0 Å². The lowest BCUT2D eigenvalue weighted by molar-refractivity contribution is -0.385. The number of benzene rings is 1. The zero-order chi connectivity index (χ0) is 19.4. The maximum atomic E-state index is 12.4. The molecule has 2 aromatic rings. The van der Waals surface area contributed by atoms with E-state index in [-0.39, 0.29) is 18.0 Å². The van der Waals surface area contributed by atoms with E-state index in [4.69, 9.17) is 11.6 Å². The first-order valence-electron chi connectivity index (χ1n) is 8.86. The Bertz CT molecular complexity index is 830. The summed E-state index contributed by atoms with van der Waals surface area (Å²) in [5, 5.41) is 15.7. The van der Waals surface area contributed by atoms with Gasteiger partial charge in [-0.1, -0.05) is 29.8 Å². The summed E-state index contributed by atoms with van der Waals surface area (Å²) in [6, 6.07) is 7.80. The monoisotopic (exact) mass is 391 g/mol. The molecule has 1 aromatic heterocycles. The van der Waals surface area contributed by atoms with E-state index in [0.29, 0.717) is 25.3 Å². The highest BCUT2D eigenvalue weighted by molar-refractivity contribution is 6.31. The number of hydrogen-bond donors (Lipinski definition) is 0. The van der Waals surface area contributed by atoms with Crippen LogP contribution in [0.15, 0.2) is 30.5 Å². The van der Waals surface area contributed by atoms with Gasteiger partial charge in [0.1, 0.15) is 11.9 Å². The van der Waals surface area contributed by atoms with Crippen LogP contribution in [0.1, 0.15) is 17.7 Å². The second kappa shape index (κ2) is 8.49. The van der Waals surface area contributed by atoms with E-state index >= 15 is 0 Å². The zero-order valence-corrected chi connectivity index (χ0v) is 15.9. The van der Waals surface area contributed by atoms with Crippen LogP contribution in [0.25, 0.3) is 0 Å². The van der Waals surface area contributed by atoms with Crippen LogP contribution in [0.3, 0.4) is 0 Å². The van der Waals surface area contributed by atoms with Crippen molar-refractivity contribution in [2.24, 2.45) is 0 Å². The van der Waals surface area contributed by atoms with Crippen molar-refractivity contribution < 1.29 is 9.72 Å². The Hall–Kier alpha value is -2.45. The minimum absolute atomic E-state index is 0.0179. The molecule has 0 atom stereocenters. The number of piperazine rings is 1. The third kappa shape index (κ3) is 4.84. The Labute approximate surface area is 162 Å². The number of carbonyl (C=O) groups is 1. The van der Waals surface area contributed by atoms with Gasteiger partial charge in [0.15, 0.2) is 0 Å². The highest BCUT2D eigenvalue weighted by Crippen LogP contribution is 2.18. The lowest BCUT2D eigenvalue weighted by Gasteiger charge is -2.35. The average molecular weight is 392 g/mol. The van der Waals surface area contributed by atoms with Crippen LogP contribution in [0.2, 0.25) is 5.02 Å². The van der Waals surface area contributed by atoms with Gasteiger partial charge in [0.2, 0.25) is 5.91 Å². The van der Waals surface area contributed by atoms with Crippen LogP contribution in [0, 0.1) is 17.0 Å². The van der Waals surface area contributed by atoms with Crippen LogP contribution in [-0.4, -0.2) is 56.6 Å². The molecule has 0 spiro atoms. The molecule has 9 heteroatoms. The topological polar surface area (TPSA) is 84.5 Å². The third-order valence-electron chi connectivity index (χ3n) is 4.75. The van der Waals surface area contributed by atoms with Gasteiger partial charge in [0.05, 0.1) is 4.92 Å². The Balaban J connectivity index is 1.46. The van der Waals surface area contributed by atoms with E-state index < -0.39 is 4.92 Å². The lowest BCUT2D eigenvalue weighted by atomic mass is 10.2. The van der Waals surface area contributed by atoms with E-state index in [0.717, 1.165) is 30.2 Å². The molecule has 1 aliphatic heterocycles. The van der Waals surface area contributed by atoms with Crippen molar-refractivity contribution in [2.45, 2.75) is 26.4 Å². The third-order valence-corrected chi connectivity index (χ3v) is 5.12. The maximum absolute atomic E-state index is 12.4. The number of amides is 1. The molecule has 0 saturated carbocycles. The minimum Gasteiger partial charge on any atom is -0.340 e. The van der Waals surface area contributed by atoms with E-state index in [2.05, 4.69) is 10.00 Å². The maximum Gasteiger partial charge on any atom is 0.309 e. The smallest absolute Gasteiger partial charge is 0.309 e. The molecule has 0 N–H and O–H groups in total. The van der Waals surface area contributed by atoms with Gasteiger partial charge in [-0.05, 0) is 18.6 Å². The summed E-state index contributed by atoms with van der Waals surface area (Å²) in [4.78, 5) is 27.0. The SMILES string of the molecule is Cc1nn(CCC(=O)N2CCN(Cc3ccccc3Cl)CC2)cc1[N+](=O)[O-]. The average Bonchev–Trinajstić information content (AvgIpc) is 3.03. The predicted octanol–water partition coefficient (Wildman–Crippen LogP) is 2.49. The zero-order valence-electron chi connectivity index (χ0n) is 15.2. The van der Waals surface area contributed by atoms with E-state index in [1.165, 1.54) is 10.9 Å². The van der Waals surface area contributed by atoms with Gasteiger partial charge < -0.3 is 4.90 Å². The Morgan fingerprint density at radius 3 is 2.59 bits per heavy atom. The second-order valence-corrected chi connectivity index (χ2v) is 7.03. The second-order valence-electron chi connectivity index (χ2n) is 6.62. The highest BCUT2D eigenvalue weighted by Gasteiger charge is 2.22. The molecule has 0 radical (unpaired) electrons. The summed E-state index contributed by atoms with van der Waals surface area (Å²) in [7, 11) is 0. The minimum atomic E-state index is -0.459. The van der Waals surface area contributed by atoms with Crippen molar-refractivity contribution in [1.82, 2.24) is 19.6 Å². The summed E-state index contributed by atoms with van der Waals surface area (Å²) < 4.78 is 1.47. The number of aryl methyl sites for hydroxylation is 2. The van der Waals surface area contributed by atoms with E-state index in [1.807, 2.05) is 29.2 Å². The molecule has 1 fully saturated rings. The summed E-state index contributed by atoms with van der Waals surface area (Å²) >= 11 is 6.21. The van der Waals surface area contributed by atoms with Gasteiger partial charge in [0.25, 0.3) is 0 Å². The first kappa shape index (κ1) is 19.3. The molecule has 1 saturated heterocycles. The molecule has 0 unspecified atom stereocenters. The molecule has 0 bridgehead atoms. The first-order valence-corrected chi connectivity index (χ1v) is 9.24. The molecular weight excluding hydrogens is 370 g/mol. The molecule has 1 aliphatic rings. The van der Waals surface area contributed by atoms with Crippen molar-refractivity contribution in [1.29, 1.82) is 0 Å². The van der Waals surface area contributed by atoms with Crippen molar-refractivity contribution in [3.8, 4) is 0 Å². The molecule has 144 valence electrons. The fraction of sp³-hybridized carbons (Fsp3) is 0.444. The fourth-order valence-electron chi connectivity index (χ4n) is 3.19. The molecular formula is C18H22ClN5O3. The molecule has 27 heavy (non-hydrogen) atoms. The largest absolute Gasteiger partial charge is 0.340 e. The Kier molecular flexibility index (Phi) is 6.08. The Morgan fingerprint density at radius 2 is 1.96 bits per heavy atom. The molecule has 2 heterocycles. The molecule has 1 aromatic carbocycles. The van der Waals surface area contributed by atoms with E-state index in [1.54, 1.807) is 6.92 Å². The van der Waals surface area contributed by atoms with Crippen molar-refractivity contribution in [3.63, 3.8) is 0 Å². The molecule has 0 aliphatic carbocycles. The fourth-order valence-corrected chi connectivity index (χ4v) is 3.39. The van der Waals surface area contributed by atoms with Crippen LogP contribution in [0.4, 0.5) is 5.69 Å². The van der Waals surface area contributed by atoms with Crippen LogP contribution in [-0.2, 0) is 17.9 Å². The summed E-state index contributed by atoms with van der Waals surface area (Å²) in [6.45, 7) is 5.63. The predicted molar refractivity (Wildman–Crippen MR) is 102 cm³/mol. The van der Waals surface area contributed by atoms with Crippen molar-refractivity contribution in [2.75, 3.05) is 26.2 Å². The first-order chi connectivity index (χ1) is 12.9. The van der Waals surface area contributed by atoms with Gasteiger partial charge in [-0.2, -0.15) is 5.10 Å². The molecule has 3 rings (SSSR count). The van der Waals surface area contributed by atoms with Gasteiger partial charge in [-0.3, -0.25) is 24.5 Å². The van der Waals surface area contributed by atoms with Gasteiger partial charge in [-0.25, -0.2) is 0 Å². The summed E-state index contributed by atoms with van der Waals surface area (Å²) in [5.41, 5.74) is 1.44. The number of nitro groups is 1. The number of carbonyl (C=O) groups excluding carboxylic acids is 1. The summed E-state index contributed by atoms with van der Waals surface area (Å²) in [6.07, 6.45) is 1.66. The van der Waals surface area contributed by atoms with Crippen molar-refractivity contribution >= 4 is 23.2 Å². The standard InChI is InChI=1S/C18H22ClN5O3/c1-14-17(24(26)27)13-23(20-14)7-6-18(25)22-10-8-21(9-11-22)12-15-4-2-3-5-16(15)19/h2-5,13H,6-12H2,1H3. The summed E-state index contributed by atoms with van der Waals surface area (Å²) in [5.74, 6) is 0.0446. The normalized spacial score (nSPS) is 15.1. The van der Waals surface area contributed by atoms with Crippen molar-refractivity contribution in [3.05, 3.63) is 56.9 Å². The molecule has 1 amide bonds. The Morgan fingerprint density at radius 1 is 1.26 bits per heavy atom. The number of halogens is 1. The number of aromatic nitrogens is 2. The highest BCUT2D eigenvalue weighted by atomic mass is 35.5. The van der Waals surface area contributed by atoms with E-state index in [9.17, 15) is 14.9 Å². The number of hydrogen-bond acceptors (Lipinski definition) is 5. The van der Waals surface area contributed by atoms with Gasteiger partial charge >= 0.3 is 5.69 Å². The van der Waals surface area contributed by atoms with Crippen LogP contribution >= 0.6 is 11.6 Å². The number of rotatable bonds is 6. The quantitative estimate of drug-likeness (QED) is 0.558. The molecule has 8 nitrogen and oxygen atoms in total. The van der Waals surface area contributed by atoms with Crippen LogP contribution in [0.5, 0.6) is 0 Å².